The van der Waals surface area contributed by atoms with E-state index in [0.717, 1.165) is 12.1 Å². The van der Waals surface area contributed by atoms with E-state index < -0.39 is 17.7 Å². The fourth-order valence-electron chi connectivity index (χ4n) is 2.35. The van der Waals surface area contributed by atoms with Crippen molar-refractivity contribution in [2.45, 2.75) is 6.18 Å². The number of carboxylic acid groups (broad SMARTS) is 1. The van der Waals surface area contributed by atoms with E-state index in [9.17, 15) is 18.0 Å². The molecule has 3 aromatic rings. The first kappa shape index (κ1) is 14.2. The summed E-state index contributed by atoms with van der Waals surface area (Å²) in [6, 6.07) is 11.3. The molecule has 0 fully saturated rings. The number of hydrogen-bond acceptors (Lipinski definition) is 1. The molecule has 3 rings (SSSR count). The standard InChI is InChI=1S/C16H10F3NO2/c17-16(18,19)11-5-1-3-9(7-11)13-8-10-4-2-6-12(15(21)22)14(10)20-13/h1-8,20H,(H,21,22). The first-order valence-corrected chi connectivity index (χ1v) is 6.39. The van der Waals surface area contributed by atoms with Crippen LogP contribution in [0.3, 0.4) is 0 Å². The third-order valence-corrected chi connectivity index (χ3v) is 3.39. The van der Waals surface area contributed by atoms with E-state index in [-0.39, 0.29) is 5.56 Å². The van der Waals surface area contributed by atoms with E-state index in [0.29, 0.717) is 22.2 Å². The fourth-order valence-corrected chi connectivity index (χ4v) is 2.35. The number of carbonyl (C=O) groups is 1. The molecular formula is C16H10F3NO2. The number of nitrogens with one attached hydrogen (secondary N) is 1. The lowest BCUT2D eigenvalue weighted by molar-refractivity contribution is -0.137. The van der Waals surface area contributed by atoms with Gasteiger partial charge in [0.15, 0.2) is 0 Å². The van der Waals surface area contributed by atoms with Crippen molar-refractivity contribution >= 4 is 16.9 Å². The highest BCUT2D eigenvalue weighted by molar-refractivity contribution is 6.03. The molecule has 0 bridgehead atoms. The minimum atomic E-state index is -4.42. The van der Waals surface area contributed by atoms with Crippen LogP contribution in [0, 0.1) is 0 Å². The van der Waals surface area contributed by atoms with Crippen LogP contribution >= 0.6 is 0 Å². The van der Waals surface area contributed by atoms with Crippen molar-refractivity contribution in [2.75, 3.05) is 0 Å². The second-order valence-electron chi connectivity index (χ2n) is 4.84. The lowest BCUT2D eigenvalue weighted by atomic mass is 10.1. The third-order valence-electron chi connectivity index (χ3n) is 3.39. The largest absolute Gasteiger partial charge is 0.478 e. The number of carboxylic acids is 1. The summed E-state index contributed by atoms with van der Waals surface area (Å²) in [6.45, 7) is 0. The zero-order valence-electron chi connectivity index (χ0n) is 11.1. The van der Waals surface area contributed by atoms with Crippen molar-refractivity contribution in [3.8, 4) is 11.3 Å². The molecule has 2 N–H and O–H groups in total. The number of aromatic nitrogens is 1. The molecule has 22 heavy (non-hydrogen) atoms. The van der Waals surface area contributed by atoms with Gasteiger partial charge in [0, 0.05) is 11.1 Å². The quantitative estimate of drug-likeness (QED) is 0.729. The van der Waals surface area contributed by atoms with Gasteiger partial charge in [-0.15, -0.1) is 0 Å². The summed E-state index contributed by atoms with van der Waals surface area (Å²) in [4.78, 5) is 14.1. The summed E-state index contributed by atoms with van der Waals surface area (Å²) >= 11 is 0. The minimum Gasteiger partial charge on any atom is -0.478 e. The highest BCUT2D eigenvalue weighted by Gasteiger charge is 2.30. The van der Waals surface area contributed by atoms with Gasteiger partial charge >= 0.3 is 12.1 Å². The maximum Gasteiger partial charge on any atom is 0.416 e. The van der Waals surface area contributed by atoms with Crippen molar-refractivity contribution in [1.29, 1.82) is 0 Å². The maximum atomic E-state index is 12.8. The second-order valence-corrected chi connectivity index (χ2v) is 4.84. The minimum absolute atomic E-state index is 0.0794. The number of alkyl halides is 3. The van der Waals surface area contributed by atoms with Crippen molar-refractivity contribution in [3.05, 3.63) is 59.7 Å². The smallest absolute Gasteiger partial charge is 0.416 e. The van der Waals surface area contributed by atoms with Crippen LogP contribution in [0.5, 0.6) is 0 Å². The van der Waals surface area contributed by atoms with Crippen LogP contribution in [0.4, 0.5) is 13.2 Å². The Morgan fingerprint density at radius 1 is 1.05 bits per heavy atom. The van der Waals surface area contributed by atoms with Crippen LogP contribution in [0.2, 0.25) is 0 Å². The molecule has 0 saturated heterocycles. The predicted molar refractivity (Wildman–Crippen MR) is 75.7 cm³/mol. The van der Waals surface area contributed by atoms with Crippen molar-refractivity contribution < 1.29 is 23.1 Å². The number of fused-ring (bicyclic) bond motifs is 1. The molecule has 1 heterocycles. The van der Waals surface area contributed by atoms with Crippen LogP contribution in [0.25, 0.3) is 22.2 Å². The molecule has 0 spiro atoms. The normalized spacial score (nSPS) is 11.8. The molecule has 0 aliphatic carbocycles. The van der Waals surface area contributed by atoms with Crippen molar-refractivity contribution in [1.82, 2.24) is 4.98 Å². The maximum absolute atomic E-state index is 12.8. The molecule has 6 heteroatoms. The number of hydrogen-bond donors (Lipinski definition) is 2. The Morgan fingerprint density at radius 3 is 2.45 bits per heavy atom. The number of halogens is 3. The van der Waals surface area contributed by atoms with Gasteiger partial charge in [-0.25, -0.2) is 4.79 Å². The Balaban J connectivity index is 2.15. The van der Waals surface area contributed by atoms with Crippen LogP contribution in [-0.2, 0) is 6.18 Å². The SMILES string of the molecule is O=C(O)c1cccc2cc(-c3cccc(C(F)(F)F)c3)[nH]c12. The summed E-state index contributed by atoms with van der Waals surface area (Å²) in [7, 11) is 0. The first-order valence-electron chi connectivity index (χ1n) is 6.39. The third kappa shape index (κ3) is 2.43. The average Bonchev–Trinajstić information content (AvgIpc) is 2.90. The summed E-state index contributed by atoms with van der Waals surface area (Å²) in [5.41, 5.74) is 0.511. The Hall–Kier alpha value is -2.76. The van der Waals surface area contributed by atoms with Gasteiger partial charge < -0.3 is 10.1 Å². The molecule has 0 aliphatic rings. The molecule has 0 saturated carbocycles. The highest BCUT2D eigenvalue weighted by Crippen LogP contribution is 2.33. The van der Waals surface area contributed by atoms with E-state index in [4.69, 9.17) is 5.11 Å². The molecule has 0 unspecified atom stereocenters. The number of para-hydroxylation sites is 1. The summed E-state index contributed by atoms with van der Waals surface area (Å²) < 4.78 is 38.3. The first-order chi connectivity index (χ1) is 10.4. The highest BCUT2D eigenvalue weighted by atomic mass is 19.4. The lowest BCUT2D eigenvalue weighted by Crippen LogP contribution is -2.04. The van der Waals surface area contributed by atoms with E-state index >= 15 is 0 Å². The lowest BCUT2D eigenvalue weighted by Gasteiger charge is -2.07. The molecule has 0 atom stereocenters. The number of aromatic amines is 1. The Labute approximate surface area is 123 Å². The number of aromatic carboxylic acids is 1. The Morgan fingerprint density at radius 2 is 1.77 bits per heavy atom. The van der Waals surface area contributed by atoms with Crippen LogP contribution in [0.1, 0.15) is 15.9 Å². The average molecular weight is 305 g/mol. The Bertz CT molecular complexity index is 865. The fraction of sp³-hybridized carbons (Fsp3) is 0.0625. The second kappa shape index (κ2) is 4.91. The van der Waals surface area contributed by atoms with E-state index in [1.165, 1.54) is 12.1 Å². The zero-order valence-corrected chi connectivity index (χ0v) is 11.1. The van der Waals surface area contributed by atoms with Gasteiger partial charge in [-0.2, -0.15) is 13.2 Å². The van der Waals surface area contributed by atoms with Gasteiger partial charge in [0.1, 0.15) is 0 Å². The molecule has 3 nitrogen and oxygen atoms in total. The number of rotatable bonds is 2. The van der Waals surface area contributed by atoms with Gasteiger partial charge in [0.25, 0.3) is 0 Å². The van der Waals surface area contributed by atoms with E-state index in [2.05, 4.69) is 4.98 Å². The van der Waals surface area contributed by atoms with Gasteiger partial charge in [0.2, 0.25) is 0 Å². The van der Waals surface area contributed by atoms with Crippen LogP contribution in [-0.4, -0.2) is 16.1 Å². The number of benzene rings is 2. The number of H-pyrrole nitrogens is 1. The van der Waals surface area contributed by atoms with Gasteiger partial charge in [-0.05, 0) is 29.8 Å². The van der Waals surface area contributed by atoms with E-state index in [1.54, 1.807) is 24.3 Å². The van der Waals surface area contributed by atoms with Crippen LogP contribution < -0.4 is 0 Å². The summed E-state index contributed by atoms with van der Waals surface area (Å²) in [5, 5.41) is 9.78. The molecule has 112 valence electrons. The molecule has 1 aromatic heterocycles. The molecule has 2 aromatic carbocycles. The van der Waals surface area contributed by atoms with Crippen LogP contribution in [0.15, 0.2) is 48.5 Å². The van der Waals surface area contributed by atoms with E-state index in [1.807, 2.05) is 0 Å². The van der Waals surface area contributed by atoms with Gasteiger partial charge in [-0.3, -0.25) is 0 Å². The molecule has 0 aliphatic heterocycles. The van der Waals surface area contributed by atoms with Gasteiger partial charge in [0.05, 0.1) is 16.6 Å². The topological polar surface area (TPSA) is 53.1 Å². The molecular weight excluding hydrogens is 295 g/mol. The molecule has 0 amide bonds. The molecule has 0 radical (unpaired) electrons. The predicted octanol–water partition coefficient (Wildman–Crippen LogP) is 4.55. The van der Waals surface area contributed by atoms with Crippen molar-refractivity contribution in [3.63, 3.8) is 0 Å². The summed E-state index contributed by atoms with van der Waals surface area (Å²) in [6.07, 6.45) is -4.42. The monoisotopic (exact) mass is 305 g/mol. The van der Waals surface area contributed by atoms with Crippen molar-refractivity contribution in [2.24, 2.45) is 0 Å². The summed E-state index contributed by atoms with van der Waals surface area (Å²) in [5.74, 6) is -1.09. The zero-order chi connectivity index (χ0) is 15.9. The Kier molecular flexibility index (Phi) is 3.16. The van der Waals surface area contributed by atoms with Gasteiger partial charge in [-0.1, -0.05) is 24.3 Å².